The number of hydrogen-bond acceptors (Lipinski definition) is 4. The maximum Gasteiger partial charge on any atom is 0.253 e. The van der Waals surface area contributed by atoms with E-state index in [1.807, 2.05) is 36.0 Å². The molecule has 2 aromatic heterocycles. The molecule has 1 N–H and O–H groups in total. The van der Waals surface area contributed by atoms with Gasteiger partial charge < -0.3 is 10.2 Å². The lowest BCUT2D eigenvalue weighted by atomic mass is 10.2. The topological polar surface area (TPSA) is 63.1 Å². The highest BCUT2D eigenvalue weighted by Crippen LogP contribution is 2.17. The van der Waals surface area contributed by atoms with E-state index < -0.39 is 0 Å². The number of carbonyl (C=O) groups excluding carboxylic acids is 1. The van der Waals surface area contributed by atoms with Crippen molar-refractivity contribution in [3.8, 4) is 0 Å². The van der Waals surface area contributed by atoms with E-state index in [1.165, 1.54) is 25.7 Å². The molecular formula is C18H25N5O. The Morgan fingerprint density at radius 3 is 2.67 bits per heavy atom. The molecule has 1 aliphatic rings. The van der Waals surface area contributed by atoms with Gasteiger partial charge in [0.2, 0.25) is 0 Å². The highest BCUT2D eigenvalue weighted by atomic mass is 16.1. The second kappa shape index (κ2) is 7.95. The summed E-state index contributed by atoms with van der Waals surface area (Å²) in [6, 6.07) is 5.70. The van der Waals surface area contributed by atoms with Crippen molar-refractivity contribution >= 4 is 11.7 Å². The van der Waals surface area contributed by atoms with Crippen molar-refractivity contribution in [3.05, 3.63) is 42.4 Å². The third-order valence-electron chi connectivity index (χ3n) is 4.34. The average molecular weight is 327 g/mol. The van der Waals surface area contributed by atoms with Gasteiger partial charge in [-0.25, -0.2) is 4.98 Å². The number of amides is 1. The number of carbonyl (C=O) groups is 1. The Hall–Kier alpha value is -2.37. The summed E-state index contributed by atoms with van der Waals surface area (Å²) in [5.74, 6) is 0.877. The Morgan fingerprint density at radius 1 is 1.25 bits per heavy atom. The van der Waals surface area contributed by atoms with Gasteiger partial charge >= 0.3 is 0 Å². The number of aromatic nitrogens is 3. The van der Waals surface area contributed by atoms with Gasteiger partial charge in [0.15, 0.2) is 0 Å². The minimum absolute atomic E-state index is 0.00248. The summed E-state index contributed by atoms with van der Waals surface area (Å²) in [4.78, 5) is 19.1. The van der Waals surface area contributed by atoms with Crippen molar-refractivity contribution in [2.75, 3.05) is 18.0 Å². The lowest BCUT2D eigenvalue weighted by Crippen LogP contribution is -2.36. The van der Waals surface area contributed by atoms with Gasteiger partial charge in [0.1, 0.15) is 5.82 Å². The summed E-state index contributed by atoms with van der Waals surface area (Å²) >= 11 is 0. The number of pyridine rings is 1. The van der Waals surface area contributed by atoms with Crippen LogP contribution in [-0.2, 0) is 6.54 Å². The Morgan fingerprint density at radius 2 is 2.04 bits per heavy atom. The molecule has 0 radical (unpaired) electrons. The minimum atomic E-state index is -0.0930. The van der Waals surface area contributed by atoms with Crippen LogP contribution in [0.1, 0.15) is 43.0 Å². The molecule has 3 heterocycles. The Balaban J connectivity index is 1.57. The fourth-order valence-electron chi connectivity index (χ4n) is 3.05. The number of rotatable bonds is 5. The van der Waals surface area contributed by atoms with Gasteiger partial charge in [0.05, 0.1) is 12.1 Å². The Bertz CT molecular complexity index is 630. The maximum atomic E-state index is 12.3. The molecule has 1 aliphatic heterocycles. The fraction of sp³-hybridized carbons (Fsp3) is 0.500. The second-order valence-electron chi connectivity index (χ2n) is 6.41. The van der Waals surface area contributed by atoms with Crippen molar-refractivity contribution < 1.29 is 4.79 Å². The Kier molecular flexibility index (Phi) is 5.46. The van der Waals surface area contributed by atoms with Crippen molar-refractivity contribution in [1.82, 2.24) is 20.1 Å². The summed E-state index contributed by atoms with van der Waals surface area (Å²) in [7, 11) is 0. The third kappa shape index (κ3) is 4.34. The molecule has 3 rings (SSSR count). The van der Waals surface area contributed by atoms with Gasteiger partial charge in [-0.15, -0.1) is 0 Å². The van der Waals surface area contributed by atoms with E-state index in [0.29, 0.717) is 12.1 Å². The van der Waals surface area contributed by atoms with Crippen molar-refractivity contribution in [2.24, 2.45) is 0 Å². The molecule has 128 valence electrons. The molecule has 1 saturated heterocycles. The molecule has 2 aromatic rings. The third-order valence-corrected chi connectivity index (χ3v) is 4.34. The summed E-state index contributed by atoms with van der Waals surface area (Å²) in [6.45, 7) is 4.73. The summed E-state index contributed by atoms with van der Waals surface area (Å²) < 4.78 is 1.81. The van der Waals surface area contributed by atoms with Gasteiger partial charge in [0.25, 0.3) is 5.91 Å². The van der Waals surface area contributed by atoms with Crippen LogP contribution >= 0.6 is 0 Å². The zero-order valence-corrected chi connectivity index (χ0v) is 14.2. The van der Waals surface area contributed by atoms with Gasteiger partial charge in [-0.3, -0.25) is 9.48 Å². The molecule has 0 aliphatic carbocycles. The lowest BCUT2D eigenvalue weighted by molar-refractivity contribution is 0.0935. The molecule has 0 aromatic carbocycles. The van der Waals surface area contributed by atoms with Crippen LogP contribution in [-0.4, -0.2) is 39.8 Å². The monoisotopic (exact) mass is 327 g/mol. The average Bonchev–Trinajstić information content (AvgIpc) is 2.94. The van der Waals surface area contributed by atoms with E-state index in [4.69, 9.17) is 0 Å². The van der Waals surface area contributed by atoms with Crippen LogP contribution in [0.5, 0.6) is 0 Å². The molecule has 0 bridgehead atoms. The van der Waals surface area contributed by atoms with Crippen molar-refractivity contribution in [1.29, 1.82) is 0 Å². The highest BCUT2D eigenvalue weighted by molar-refractivity contribution is 5.94. The van der Waals surface area contributed by atoms with E-state index in [1.54, 1.807) is 12.4 Å². The first-order chi connectivity index (χ1) is 11.7. The van der Waals surface area contributed by atoms with E-state index in [-0.39, 0.29) is 11.9 Å². The molecule has 6 nitrogen and oxygen atoms in total. The predicted molar refractivity (Wildman–Crippen MR) is 94.1 cm³/mol. The minimum Gasteiger partial charge on any atom is -0.357 e. The Labute approximate surface area is 142 Å². The fourth-order valence-corrected chi connectivity index (χ4v) is 3.05. The molecule has 0 saturated carbocycles. The predicted octanol–water partition coefficient (Wildman–Crippen LogP) is 2.48. The van der Waals surface area contributed by atoms with Crippen LogP contribution in [0.4, 0.5) is 5.82 Å². The van der Waals surface area contributed by atoms with Crippen LogP contribution in [0.15, 0.2) is 36.8 Å². The lowest BCUT2D eigenvalue weighted by Gasteiger charge is -2.21. The number of hydrogen-bond donors (Lipinski definition) is 1. The highest BCUT2D eigenvalue weighted by Gasteiger charge is 2.14. The van der Waals surface area contributed by atoms with Crippen LogP contribution in [0.2, 0.25) is 0 Å². The van der Waals surface area contributed by atoms with Gasteiger partial charge in [0, 0.05) is 37.7 Å². The number of anilines is 1. The summed E-state index contributed by atoms with van der Waals surface area (Å²) in [6.07, 6.45) is 10.3. The van der Waals surface area contributed by atoms with Gasteiger partial charge in [-0.1, -0.05) is 12.8 Å². The molecule has 24 heavy (non-hydrogen) atoms. The largest absolute Gasteiger partial charge is 0.357 e. The zero-order chi connectivity index (χ0) is 16.8. The van der Waals surface area contributed by atoms with Crippen LogP contribution in [0, 0.1) is 0 Å². The van der Waals surface area contributed by atoms with Crippen molar-refractivity contribution in [3.63, 3.8) is 0 Å². The van der Waals surface area contributed by atoms with Gasteiger partial charge in [-0.05, 0) is 38.0 Å². The first kappa shape index (κ1) is 16.5. The molecular weight excluding hydrogens is 302 g/mol. The summed E-state index contributed by atoms with van der Waals surface area (Å²) in [5, 5.41) is 7.14. The van der Waals surface area contributed by atoms with Crippen LogP contribution in [0.25, 0.3) is 0 Å². The zero-order valence-electron chi connectivity index (χ0n) is 14.2. The molecule has 1 atom stereocenters. The number of nitrogens with zero attached hydrogens (tertiary/aromatic N) is 4. The van der Waals surface area contributed by atoms with E-state index >= 15 is 0 Å². The number of nitrogens with one attached hydrogen (secondary N) is 1. The first-order valence-corrected chi connectivity index (χ1v) is 8.71. The standard InChI is InChI=1S/C18H25N5O/c1-15(14-23-12-6-9-20-23)21-18(24)16-7-8-17(19-13-16)22-10-4-2-3-5-11-22/h6-9,12-13,15H,2-5,10-11,14H2,1H3,(H,21,24)/t15-/m1/s1. The first-order valence-electron chi connectivity index (χ1n) is 8.71. The smallest absolute Gasteiger partial charge is 0.253 e. The summed E-state index contributed by atoms with van der Waals surface area (Å²) in [5.41, 5.74) is 0.598. The van der Waals surface area contributed by atoms with E-state index in [0.717, 1.165) is 18.9 Å². The normalized spacial score (nSPS) is 16.5. The maximum absolute atomic E-state index is 12.3. The molecule has 6 heteroatoms. The molecule has 1 amide bonds. The second-order valence-corrected chi connectivity index (χ2v) is 6.41. The van der Waals surface area contributed by atoms with E-state index in [2.05, 4.69) is 20.3 Å². The van der Waals surface area contributed by atoms with Crippen LogP contribution < -0.4 is 10.2 Å². The molecule has 0 unspecified atom stereocenters. The molecule has 0 spiro atoms. The SMILES string of the molecule is C[C@H](Cn1cccn1)NC(=O)c1ccc(N2CCCCCC2)nc1. The van der Waals surface area contributed by atoms with Gasteiger partial charge in [-0.2, -0.15) is 5.10 Å². The molecule has 1 fully saturated rings. The van der Waals surface area contributed by atoms with Crippen molar-refractivity contribution in [2.45, 2.75) is 45.2 Å². The van der Waals surface area contributed by atoms with E-state index in [9.17, 15) is 4.79 Å². The van der Waals surface area contributed by atoms with Crippen LogP contribution in [0.3, 0.4) is 0 Å². The quantitative estimate of drug-likeness (QED) is 0.916.